The van der Waals surface area contributed by atoms with Crippen LogP contribution in [0.5, 0.6) is 0 Å². The second kappa shape index (κ2) is 10.3. The molecule has 0 aromatic heterocycles. The van der Waals surface area contributed by atoms with Crippen LogP contribution < -0.4 is 10.6 Å². The van der Waals surface area contributed by atoms with Crippen LogP contribution in [0.1, 0.15) is 58.1 Å². The highest BCUT2D eigenvalue weighted by Gasteiger charge is 2.34. The first-order valence-electron chi connectivity index (χ1n) is 11.1. The number of hydrogen-bond acceptors (Lipinski definition) is 3. The summed E-state index contributed by atoms with van der Waals surface area (Å²) in [6.45, 7) is 12.3. The van der Waals surface area contributed by atoms with E-state index >= 15 is 0 Å². The van der Waals surface area contributed by atoms with Gasteiger partial charge in [-0.05, 0) is 51.0 Å². The minimum absolute atomic E-state index is 0.00272. The van der Waals surface area contributed by atoms with Gasteiger partial charge in [-0.25, -0.2) is 0 Å². The van der Waals surface area contributed by atoms with Crippen molar-refractivity contribution in [3.05, 3.63) is 35.9 Å². The molecule has 2 fully saturated rings. The van der Waals surface area contributed by atoms with E-state index in [-0.39, 0.29) is 5.54 Å². The molecule has 2 aliphatic heterocycles. The van der Waals surface area contributed by atoms with E-state index in [2.05, 4.69) is 66.6 Å². The molecule has 0 aliphatic carbocycles. The number of ether oxygens (including phenoxy) is 1. The minimum atomic E-state index is -0.00272. The SMILES string of the molecule is CCNC(=NCC1(NC(C)c2ccccc2)CCOCC1)N1CCC(C)CC1. The zero-order valence-electron chi connectivity index (χ0n) is 17.9. The molecule has 1 aromatic carbocycles. The molecule has 2 aliphatic rings. The Morgan fingerprint density at radius 1 is 1.21 bits per heavy atom. The molecule has 5 heteroatoms. The van der Waals surface area contributed by atoms with E-state index in [4.69, 9.17) is 9.73 Å². The third-order valence-electron chi connectivity index (χ3n) is 6.22. The predicted molar refractivity (Wildman–Crippen MR) is 117 cm³/mol. The van der Waals surface area contributed by atoms with Gasteiger partial charge in [0.15, 0.2) is 5.96 Å². The minimum Gasteiger partial charge on any atom is -0.381 e. The van der Waals surface area contributed by atoms with Crippen LogP contribution in [-0.4, -0.2) is 55.8 Å². The number of likely N-dealkylation sites (tertiary alicyclic amines) is 1. The molecule has 0 spiro atoms. The first-order chi connectivity index (χ1) is 13.6. The summed E-state index contributed by atoms with van der Waals surface area (Å²) in [6.07, 6.45) is 4.52. The summed E-state index contributed by atoms with van der Waals surface area (Å²) in [5.74, 6) is 1.91. The van der Waals surface area contributed by atoms with Crippen LogP contribution in [0.4, 0.5) is 0 Å². The maximum absolute atomic E-state index is 5.68. The van der Waals surface area contributed by atoms with Crippen LogP contribution in [0.15, 0.2) is 35.3 Å². The second-order valence-electron chi connectivity index (χ2n) is 8.51. The smallest absolute Gasteiger partial charge is 0.193 e. The molecule has 3 rings (SSSR count). The molecular formula is C23H38N4O. The third kappa shape index (κ3) is 5.71. The molecule has 5 nitrogen and oxygen atoms in total. The Balaban J connectivity index is 1.72. The first kappa shape index (κ1) is 21.1. The molecule has 0 saturated carbocycles. The lowest BCUT2D eigenvalue weighted by Crippen LogP contribution is -2.53. The molecule has 1 atom stereocenters. The van der Waals surface area contributed by atoms with Gasteiger partial charge >= 0.3 is 0 Å². The standard InChI is InChI=1S/C23H38N4O/c1-4-24-22(27-14-10-19(2)11-15-27)25-18-23(12-16-28-17-13-23)26-20(3)21-8-6-5-7-9-21/h5-9,19-20,26H,4,10-18H2,1-3H3,(H,24,25). The van der Waals surface area contributed by atoms with Crippen molar-refractivity contribution in [3.63, 3.8) is 0 Å². The van der Waals surface area contributed by atoms with Crippen molar-refractivity contribution in [1.29, 1.82) is 0 Å². The van der Waals surface area contributed by atoms with Crippen LogP contribution in [0.25, 0.3) is 0 Å². The number of nitrogens with zero attached hydrogens (tertiary/aromatic N) is 2. The number of aliphatic imine (C=N–C) groups is 1. The summed E-state index contributed by atoms with van der Waals surface area (Å²) in [6, 6.07) is 11.0. The average molecular weight is 387 g/mol. The number of rotatable bonds is 6. The zero-order valence-corrected chi connectivity index (χ0v) is 17.9. The van der Waals surface area contributed by atoms with Gasteiger partial charge < -0.3 is 20.3 Å². The van der Waals surface area contributed by atoms with Crippen molar-refractivity contribution in [1.82, 2.24) is 15.5 Å². The van der Waals surface area contributed by atoms with Crippen LogP contribution in [-0.2, 0) is 4.74 Å². The van der Waals surface area contributed by atoms with E-state index in [0.717, 1.165) is 64.1 Å². The van der Waals surface area contributed by atoms with Gasteiger partial charge in [-0.15, -0.1) is 0 Å². The van der Waals surface area contributed by atoms with Crippen LogP contribution in [0, 0.1) is 5.92 Å². The van der Waals surface area contributed by atoms with Gasteiger partial charge in [0.05, 0.1) is 6.54 Å². The fourth-order valence-electron chi connectivity index (χ4n) is 4.27. The first-order valence-corrected chi connectivity index (χ1v) is 11.1. The van der Waals surface area contributed by atoms with Gasteiger partial charge in [-0.2, -0.15) is 0 Å². The lowest BCUT2D eigenvalue weighted by Gasteiger charge is -2.40. The second-order valence-corrected chi connectivity index (χ2v) is 8.51. The largest absolute Gasteiger partial charge is 0.381 e. The van der Waals surface area contributed by atoms with Crippen LogP contribution in [0.3, 0.4) is 0 Å². The van der Waals surface area contributed by atoms with E-state index in [1.807, 2.05) is 0 Å². The van der Waals surface area contributed by atoms with E-state index in [1.165, 1.54) is 18.4 Å². The van der Waals surface area contributed by atoms with Crippen LogP contribution >= 0.6 is 0 Å². The predicted octanol–water partition coefficient (Wildman–Crippen LogP) is 3.58. The molecule has 0 bridgehead atoms. The van der Waals surface area contributed by atoms with Crippen molar-refractivity contribution < 1.29 is 4.74 Å². The monoisotopic (exact) mass is 386 g/mol. The summed E-state index contributed by atoms with van der Waals surface area (Å²) < 4.78 is 5.68. The van der Waals surface area contributed by atoms with Crippen LogP contribution in [0.2, 0.25) is 0 Å². The normalized spacial score (nSPS) is 22.1. The number of benzene rings is 1. The topological polar surface area (TPSA) is 48.9 Å². The quantitative estimate of drug-likeness (QED) is 0.579. The third-order valence-corrected chi connectivity index (χ3v) is 6.22. The molecular weight excluding hydrogens is 348 g/mol. The Morgan fingerprint density at radius 3 is 2.54 bits per heavy atom. The van der Waals surface area contributed by atoms with E-state index in [1.54, 1.807) is 0 Å². The highest BCUT2D eigenvalue weighted by atomic mass is 16.5. The molecule has 1 unspecified atom stereocenters. The Morgan fingerprint density at radius 2 is 1.89 bits per heavy atom. The molecule has 0 amide bonds. The van der Waals surface area contributed by atoms with Gasteiger partial charge in [0.2, 0.25) is 0 Å². The Labute approximate surface area is 170 Å². The Bertz CT molecular complexity index is 604. The van der Waals surface area contributed by atoms with Crippen molar-refractivity contribution in [3.8, 4) is 0 Å². The molecule has 2 heterocycles. The van der Waals surface area contributed by atoms with E-state index in [9.17, 15) is 0 Å². The fraction of sp³-hybridized carbons (Fsp3) is 0.696. The number of hydrogen-bond donors (Lipinski definition) is 2. The molecule has 28 heavy (non-hydrogen) atoms. The number of nitrogens with one attached hydrogen (secondary N) is 2. The van der Waals surface area contributed by atoms with Crippen molar-refractivity contribution >= 4 is 5.96 Å². The summed E-state index contributed by atoms with van der Waals surface area (Å²) in [4.78, 5) is 7.56. The van der Waals surface area contributed by atoms with E-state index in [0.29, 0.717) is 6.04 Å². The average Bonchev–Trinajstić information content (AvgIpc) is 2.73. The Hall–Kier alpha value is -1.59. The summed E-state index contributed by atoms with van der Waals surface area (Å²) >= 11 is 0. The maximum atomic E-state index is 5.68. The van der Waals surface area contributed by atoms with Crippen molar-refractivity contribution in [2.45, 2.75) is 58.0 Å². The van der Waals surface area contributed by atoms with Gasteiger partial charge in [0.1, 0.15) is 0 Å². The summed E-state index contributed by atoms with van der Waals surface area (Å²) in [7, 11) is 0. The summed E-state index contributed by atoms with van der Waals surface area (Å²) in [5, 5.41) is 7.45. The van der Waals surface area contributed by atoms with Gasteiger partial charge in [-0.3, -0.25) is 4.99 Å². The molecule has 0 radical (unpaired) electrons. The lowest BCUT2D eigenvalue weighted by molar-refractivity contribution is 0.0373. The van der Waals surface area contributed by atoms with Gasteiger partial charge in [0.25, 0.3) is 0 Å². The van der Waals surface area contributed by atoms with Gasteiger partial charge in [-0.1, -0.05) is 37.3 Å². The highest BCUT2D eigenvalue weighted by molar-refractivity contribution is 5.80. The molecule has 2 N–H and O–H groups in total. The number of piperidine rings is 1. The number of guanidine groups is 1. The molecule has 156 valence electrons. The zero-order chi connectivity index (χ0) is 19.8. The Kier molecular flexibility index (Phi) is 7.74. The molecule has 1 aromatic rings. The lowest BCUT2D eigenvalue weighted by atomic mass is 9.88. The van der Waals surface area contributed by atoms with E-state index < -0.39 is 0 Å². The van der Waals surface area contributed by atoms with Gasteiger partial charge in [0, 0.05) is 44.4 Å². The van der Waals surface area contributed by atoms with Crippen molar-refractivity contribution in [2.24, 2.45) is 10.9 Å². The highest BCUT2D eigenvalue weighted by Crippen LogP contribution is 2.26. The summed E-state index contributed by atoms with van der Waals surface area (Å²) in [5.41, 5.74) is 1.33. The maximum Gasteiger partial charge on any atom is 0.193 e. The molecule has 2 saturated heterocycles. The fourth-order valence-corrected chi connectivity index (χ4v) is 4.27. The van der Waals surface area contributed by atoms with Crippen molar-refractivity contribution in [2.75, 3.05) is 39.4 Å².